The van der Waals surface area contributed by atoms with Crippen LogP contribution in [0.5, 0.6) is 0 Å². The van der Waals surface area contributed by atoms with Crippen molar-refractivity contribution in [1.29, 1.82) is 0 Å². The quantitative estimate of drug-likeness (QED) is 0.344. The van der Waals surface area contributed by atoms with Crippen molar-refractivity contribution < 1.29 is 53.9 Å². The van der Waals surface area contributed by atoms with Crippen LogP contribution in [0.4, 0.5) is 39.5 Å². The van der Waals surface area contributed by atoms with Crippen molar-refractivity contribution in [1.82, 2.24) is 5.32 Å². The Morgan fingerprint density at radius 2 is 1.51 bits per heavy atom. The van der Waals surface area contributed by atoms with Crippen LogP contribution in [0.1, 0.15) is 53.5 Å². The van der Waals surface area contributed by atoms with E-state index in [9.17, 15) is 53.9 Å². The smallest absolute Gasteiger partial charge is 0.369 e. The average Bonchev–Trinajstić information content (AvgIpc) is 3.01. The Hall–Kier alpha value is -3.91. The van der Waals surface area contributed by atoms with Crippen molar-refractivity contribution in [3.05, 3.63) is 70.3 Å². The van der Waals surface area contributed by atoms with E-state index in [0.29, 0.717) is 11.1 Å². The van der Waals surface area contributed by atoms with Crippen LogP contribution in [0.15, 0.2) is 47.5 Å². The van der Waals surface area contributed by atoms with Crippen LogP contribution >= 0.6 is 0 Å². The number of fused-ring (bicyclic) bond motifs is 1. The van der Waals surface area contributed by atoms with Crippen LogP contribution in [0, 0.1) is 18.8 Å². The second-order valence-electron chi connectivity index (χ2n) is 10.1. The average molecular weight is 624 g/mol. The molecule has 43 heavy (non-hydrogen) atoms. The number of primary amides is 1. The molecule has 0 radical (unpaired) electrons. The zero-order chi connectivity index (χ0) is 32.3. The van der Waals surface area contributed by atoms with Crippen LogP contribution < -0.4 is 11.1 Å². The number of halogens is 9. The second-order valence-corrected chi connectivity index (χ2v) is 10.1. The van der Waals surface area contributed by atoms with Gasteiger partial charge in [-0.15, -0.1) is 0 Å². The number of alkyl halides is 9. The molecule has 0 saturated heterocycles. The Balaban J connectivity index is 2.07. The molecule has 0 saturated carbocycles. The molecule has 2 aromatic carbocycles. The fourth-order valence-electron chi connectivity index (χ4n) is 4.82. The Kier molecular flexibility index (Phi) is 9.97. The van der Waals surface area contributed by atoms with Crippen LogP contribution in [-0.4, -0.2) is 41.8 Å². The van der Waals surface area contributed by atoms with Gasteiger partial charge >= 0.3 is 18.5 Å². The van der Waals surface area contributed by atoms with Crippen molar-refractivity contribution in [2.75, 3.05) is 0 Å². The summed E-state index contributed by atoms with van der Waals surface area (Å²) in [4.78, 5) is 42.8. The van der Waals surface area contributed by atoms with E-state index in [2.05, 4.69) is 10.3 Å². The standard InChI is InChI=1S/C28H26F9N3O3/c1-14-4-2-7-17-20(14)13-21(41)24(39-22(17)15-5-3-6-16(12-15)28(35,36)37)40-25(43)19(9-11-27(32,33)34)18(23(38)42)8-10-26(29,30)31/h2-7,12,18-19,24H,8-11,13H2,1H3,(H2,38,42)(H,40,43)/t18-,19+,24+/m0/s1. The largest absolute Gasteiger partial charge is 0.416 e. The van der Waals surface area contributed by atoms with E-state index in [1.807, 2.05) is 0 Å². The minimum Gasteiger partial charge on any atom is -0.369 e. The summed E-state index contributed by atoms with van der Waals surface area (Å²) in [6.45, 7) is 1.63. The summed E-state index contributed by atoms with van der Waals surface area (Å²) >= 11 is 0. The molecule has 3 N–H and O–H groups in total. The van der Waals surface area contributed by atoms with Gasteiger partial charge in [0.1, 0.15) is 0 Å². The number of benzene rings is 2. The Morgan fingerprint density at radius 3 is 2.07 bits per heavy atom. The van der Waals surface area contributed by atoms with Gasteiger partial charge in [0.25, 0.3) is 0 Å². The fraction of sp³-hybridized carbons (Fsp3) is 0.429. The van der Waals surface area contributed by atoms with E-state index >= 15 is 0 Å². The monoisotopic (exact) mass is 623 g/mol. The first-order valence-electron chi connectivity index (χ1n) is 12.9. The number of nitrogens with two attached hydrogens (primary N) is 1. The number of amides is 2. The van der Waals surface area contributed by atoms with Crippen molar-refractivity contribution in [3.8, 4) is 0 Å². The number of rotatable bonds is 9. The molecule has 3 atom stereocenters. The minimum atomic E-state index is -4.85. The SMILES string of the molecule is Cc1cccc2c1CC(=O)[C@@H](NC(=O)[C@H](CCC(F)(F)F)[C@H](CCC(F)(F)F)C(N)=O)N=C2c1cccc(C(F)(F)F)c1. The first-order valence-corrected chi connectivity index (χ1v) is 12.9. The lowest BCUT2D eigenvalue weighted by Gasteiger charge is -2.26. The Morgan fingerprint density at radius 1 is 0.930 bits per heavy atom. The van der Waals surface area contributed by atoms with Gasteiger partial charge in [0.05, 0.1) is 11.3 Å². The number of nitrogens with zero attached hydrogens (tertiary/aromatic N) is 1. The molecule has 6 nitrogen and oxygen atoms in total. The molecule has 0 aliphatic carbocycles. The molecule has 3 rings (SSSR count). The highest BCUT2D eigenvalue weighted by Crippen LogP contribution is 2.34. The van der Waals surface area contributed by atoms with Crippen LogP contribution in [0.3, 0.4) is 0 Å². The highest BCUT2D eigenvalue weighted by molar-refractivity contribution is 6.16. The van der Waals surface area contributed by atoms with Gasteiger partial charge in [-0.2, -0.15) is 39.5 Å². The van der Waals surface area contributed by atoms with Crippen molar-refractivity contribution >= 4 is 23.3 Å². The maximum atomic E-state index is 13.5. The number of nitrogens with one attached hydrogen (secondary N) is 1. The molecule has 0 fully saturated rings. The number of hydrogen-bond donors (Lipinski definition) is 2. The maximum absolute atomic E-state index is 13.5. The Labute approximate surface area is 239 Å². The number of hydrogen-bond acceptors (Lipinski definition) is 4. The third kappa shape index (κ3) is 9.04. The fourth-order valence-corrected chi connectivity index (χ4v) is 4.82. The zero-order valence-electron chi connectivity index (χ0n) is 22.5. The normalized spacial score (nSPS) is 17.4. The van der Waals surface area contributed by atoms with E-state index in [0.717, 1.165) is 18.2 Å². The van der Waals surface area contributed by atoms with Gasteiger partial charge in [-0.05, 0) is 43.0 Å². The summed E-state index contributed by atoms with van der Waals surface area (Å²) in [6, 6.07) is 8.63. The molecule has 0 aromatic heterocycles. The van der Waals surface area contributed by atoms with E-state index in [1.165, 1.54) is 12.1 Å². The summed E-state index contributed by atoms with van der Waals surface area (Å²) < 4.78 is 118. The highest BCUT2D eigenvalue weighted by atomic mass is 19.4. The van der Waals surface area contributed by atoms with E-state index < -0.39 is 85.4 Å². The van der Waals surface area contributed by atoms with Crippen molar-refractivity contribution in [2.45, 2.75) is 63.7 Å². The van der Waals surface area contributed by atoms with Gasteiger partial charge < -0.3 is 11.1 Å². The molecule has 0 unspecified atom stereocenters. The van der Waals surface area contributed by atoms with Crippen LogP contribution in [0.25, 0.3) is 0 Å². The maximum Gasteiger partial charge on any atom is 0.416 e. The van der Waals surface area contributed by atoms with Crippen LogP contribution in [0.2, 0.25) is 0 Å². The highest BCUT2D eigenvalue weighted by Gasteiger charge is 2.41. The topological polar surface area (TPSA) is 102 Å². The summed E-state index contributed by atoms with van der Waals surface area (Å²) in [7, 11) is 0. The molecule has 15 heteroatoms. The molecule has 1 aliphatic rings. The van der Waals surface area contributed by atoms with E-state index in [4.69, 9.17) is 5.73 Å². The van der Waals surface area contributed by atoms with Gasteiger partial charge in [0.15, 0.2) is 11.9 Å². The number of ketones is 1. The number of Topliss-reactive ketones (excluding diaryl/α,β-unsaturated/α-hetero) is 1. The summed E-state index contributed by atoms with van der Waals surface area (Å²) in [5, 5.41) is 2.12. The van der Waals surface area contributed by atoms with Gasteiger partial charge in [-0.3, -0.25) is 19.4 Å². The number of carbonyl (C=O) groups is 3. The zero-order valence-corrected chi connectivity index (χ0v) is 22.5. The molecule has 2 aromatic rings. The van der Waals surface area contributed by atoms with Crippen molar-refractivity contribution in [2.24, 2.45) is 22.6 Å². The van der Waals surface area contributed by atoms with E-state index in [1.54, 1.807) is 19.1 Å². The molecule has 2 amide bonds. The molecule has 234 valence electrons. The van der Waals surface area contributed by atoms with E-state index in [-0.39, 0.29) is 23.3 Å². The van der Waals surface area contributed by atoms with Gasteiger partial charge in [0.2, 0.25) is 11.8 Å². The summed E-state index contributed by atoms with van der Waals surface area (Å²) in [5.74, 6) is -7.63. The Bertz CT molecular complexity index is 1400. The van der Waals surface area contributed by atoms with Gasteiger partial charge in [-0.25, -0.2) is 0 Å². The minimum absolute atomic E-state index is 0.0931. The summed E-state index contributed by atoms with van der Waals surface area (Å²) in [5.41, 5.74) is 5.11. The number of aryl methyl sites for hydroxylation is 1. The molecule has 0 bridgehead atoms. The molecule has 1 aliphatic heterocycles. The third-order valence-electron chi connectivity index (χ3n) is 6.99. The lowest BCUT2D eigenvalue weighted by atomic mass is 9.83. The van der Waals surface area contributed by atoms with Crippen LogP contribution in [-0.2, 0) is 27.0 Å². The number of aliphatic imine (C=N–C) groups is 1. The molecular weight excluding hydrogens is 597 g/mol. The van der Waals surface area contributed by atoms with Gasteiger partial charge in [0, 0.05) is 42.2 Å². The summed E-state index contributed by atoms with van der Waals surface area (Å²) in [6.07, 6.45) is -22.1. The van der Waals surface area contributed by atoms with Crippen molar-refractivity contribution in [3.63, 3.8) is 0 Å². The molecular formula is C28H26F9N3O3. The predicted octanol–water partition coefficient (Wildman–Crippen LogP) is 5.82. The lowest BCUT2D eigenvalue weighted by Crippen LogP contribution is -2.47. The molecule has 1 heterocycles. The first kappa shape index (κ1) is 33.6. The third-order valence-corrected chi connectivity index (χ3v) is 6.99. The predicted molar refractivity (Wildman–Crippen MR) is 136 cm³/mol. The molecule has 0 spiro atoms. The lowest BCUT2D eigenvalue weighted by molar-refractivity contribution is -0.152. The second kappa shape index (κ2) is 12.8. The number of carbonyl (C=O) groups excluding carboxylic acids is 3. The van der Waals surface area contributed by atoms with Gasteiger partial charge in [-0.1, -0.05) is 30.3 Å². The first-order chi connectivity index (χ1) is 19.8.